The fourth-order valence-corrected chi connectivity index (χ4v) is 5.04. The summed E-state index contributed by atoms with van der Waals surface area (Å²) in [5.41, 5.74) is 1.01. The van der Waals surface area contributed by atoms with Crippen molar-refractivity contribution in [1.82, 2.24) is 15.3 Å². The molecule has 2 fully saturated rings. The van der Waals surface area contributed by atoms with Gasteiger partial charge in [-0.1, -0.05) is 11.6 Å². The third-order valence-corrected chi connectivity index (χ3v) is 7.42. The fraction of sp³-hybridized carbons (Fsp3) is 0.577. The van der Waals surface area contributed by atoms with Gasteiger partial charge in [-0.05, 0) is 50.7 Å². The fourth-order valence-electron chi connectivity index (χ4n) is 4.84. The molecule has 4 rings (SSSR count). The predicted molar refractivity (Wildman–Crippen MR) is 139 cm³/mol. The number of aromatic nitrogens is 2. The van der Waals surface area contributed by atoms with Crippen molar-refractivity contribution in [2.75, 3.05) is 50.7 Å². The lowest BCUT2D eigenvalue weighted by atomic mass is 9.81. The number of nitrogens with zero attached hydrogens (tertiary/aromatic N) is 3. The van der Waals surface area contributed by atoms with Gasteiger partial charge in [0.1, 0.15) is 16.8 Å². The molecule has 3 heterocycles. The molecule has 36 heavy (non-hydrogen) atoms. The summed E-state index contributed by atoms with van der Waals surface area (Å²) in [6.45, 7) is 3.18. The smallest absolute Gasteiger partial charge is 0.149 e. The zero-order chi connectivity index (χ0) is 25.4. The van der Waals surface area contributed by atoms with Gasteiger partial charge < -0.3 is 25.4 Å². The van der Waals surface area contributed by atoms with E-state index in [2.05, 4.69) is 32.0 Å². The first-order chi connectivity index (χ1) is 17.5. The summed E-state index contributed by atoms with van der Waals surface area (Å²) >= 11 is 6.39. The van der Waals surface area contributed by atoms with Crippen LogP contribution >= 0.6 is 11.6 Å². The number of ether oxygens (including phenoxy) is 2. The molecule has 1 saturated heterocycles. The highest BCUT2D eigenvalue weighted by Gasteiger charge is 2.32. The summed E-state index contributed by atoms with van der Waals surface area (Å²) < 4.78 is 25.4. The number of hydrogen-bond donors (Lipinski definition) is 3. The Labute approximate surface area is 216 Å². The molecule has 2 aromatic heterocycles. The van der Waals surface area contributed by atoms with Gasteiger partial charge in [0.05, 0.1) is 36.2 Å². The van der Waals surface area contributed by atoms with Crippen LogP contribution in [0, 0.1) is 22.6 Å². The molecule has 8 nitrogen and oxygen atoms in total. The maximum absolute atomic E-state index is 14.9. The van der Waals surface area contributed by atoms with E-state index in [0.717, 1.165) is 32.2 Å². The van der Waals surface area contributed by atoms with E-state index in [1.54, 1.807) is 25.4 Å². The van der Waals surface area contributed by atoms with E-state index in [9.17, 15) is 9.65 Å². The van der Waals surface area contributed by atoms with Crippen molar-refractivity contribution in [3.8, 4) is 17.2 Å². The maximum atomic E-state index is 14.9. The van der Waals surface area contributed by atoms with Gasteiger partial charge in [-0.3, -0.25) is 0 Å². The lowest BCUT2D eigenvalue weighted by Gasteiger charge is -2.31. The minimum absolute atomic E-state index is 0.209. The second kappa shape index (κ2) is 12.6. The number of anilines is 2. The molecule has 0 atom stereocenters. The van der Waals surface area contributed by atoms with Gasteiger partial charge in [0.15, 0.2) is 0 Å². The van der Waals surface area contributed by atoms with Gasteiger partial charge in [-0.2, -0.15) is 5.26 Å². The number of rotatable bonds is 10. The molecule has 2 aliphatic rings. The van der Waals surface area contributed by atoms with E-state index < -0.39 is 11.2 Å². The average molecular weight is 517 g/mol. The molecule has 1 aliphatic heterocycles. The molecule has 194 valence electrons. The van der Waals surface area contributed by atoms with Gasteiger partial charge in [0, 0.05) is 56.6 Å². The number of methoxy groups -OCH3 is 1. The van der Waals surface area contributed by atoms with Crippen LogP contribution in [0.15, 0.2) is 24.5 Å². The minimum atomic E-state index is -0.491. The van der Waals surface area contributed by atoms with Crippen molar-refractivity contribution in [2.45, 2.75) is 50.6 Å². The van der Waals surface area contributed by atoms with Gasteiger partial charge in [0.2, 0.25) is 0 Å². The van der Waals surface area contributed by atoms with Gasteiger partial charge in [-0.25, -0.2) is 14.4 Å². The largest absolute Gasteiger partial charge is 0.383 e. The Balaban J connectivity index is 1.42. The highest BCUT2D eigenvalue weighted by molar-refractivity contribution is 6.32. The number of pyridine rings is 2. The van der Waals surface area contributed by atoms with E-state index in [4.69, 9.17) is 21.1 Å². The third-order valence-electron chi connectivity index (χ3n) is 7.12. The van der Waals surface area contributed by atoms with Crippen molar-refractivity contribution in [1.29, 1.82) is 5.26 Å². The molecule has 0 spiro atoms. The first-order valence-corrected chi connectivity index (χ1v) is 12.9. The number of hydrogen-bond acceptors (Lipinski definition) is 8. The van der Waals surface area contributed by atoms with Crippen molar-refractivity contribution in [3.63, 3.8) is 0 Å². The number of nitrogens with one attached hydrogen (secondary N) is 3. The maximum Gasteiger partial charge on any atom is 0.149 e. The lowest BCUT2D eigenvalue weighted by molar-refractivity contribution is 0.0456. The summed E-state index contributed by atoms with van der Waals surface area (Å²) in [5, 5.41) is 20.2. The molecule has 2 aromatic rings. The van der Waals surface area contributed by atoms with E-state index in [1.165, 1.54) is 6.20 Å². The molecule has 1 saturated carbocycles. The van der Waals surface area contributed by atoms with Crippen molar-refractivity contribution in [2.24, 2.45) is 5.41 Å². The second-order valence-electron chi connectivity index (χ2n) is 9.61. The molecular formula is C26H34ClFN6O2. The average Bonchev–Trinajstić information content (AvgIpc) is 2.91. The molecule has 0 radical (unpaired) electrons. The Morgan fingerprint density at radius 3 is 2.61 bits per heavy atom. The van der Waals surface area contributed by atoms with E-state index in [1.807, 2.05) is 0 Å². The number of halogens is 2. The van der Waals surface area contributed by atoms with E-state index in [-0.39, 0.29) is 11.2 Å². The van der Waals surface area contributed by atoms with E-state index in [0.29, 0.717) is 67.9 Å². The number of nitriles is 1. The van der Waals surface area contributed by atoms with Crippen LogP contribution in [0.25, 0.3) is 11.1 Å². The summed E-state index contributed by atoms with van der Waals surface area (Å²) in [6.07, 6.45) is 8.31. The summed E-state index contributed by atoms with van der Waals surface area (Å²) in [7, 11) is 1.71. The first-order valence-electron chi connectivity index (χ1n) is 12.5. The molecule has 0 aromatic carbocycles. The SMILES string of the molecule is COCCN[C@H]1CC[C@H](Nc2cc(-c3cc(NCC4(C#N)CCOCC4)cnc3Cl)c(F)cn2)CC1. The first kappa shape index (κ1) is 26.6. The Hall–Kier alpha value is -2.51. The summed E-state index contributed by atoms with van der Waals surface area (Å²) in [6, 6.07) is 6.69. The molecular weight excluding hydrogens is 483 g/mol. The normalized spacial score (nSPS) is 21.5. The molecule has 0 bridgehead atoms. The van der Waals surface area contributed by atoms with Crippen LogP contribution in [0.2, 0.25) is 5.15 Å². The third kappa shape index (κ3) is 6.83. The Morgan fingerprint density at radius 2 is 1.89 bits per heavy atom. The van der Waals surface area contributed by atoms with Crippen LogP contribution in [0.4, 0.5) is 15.9 Å². The van der Waals surface area contributed by atoms with Gasteiger partial charge >= 0.3 is 0 Å². The predicted octanol–water partition coefficient (Wildman–Crippen LogP) is 4.63. The minimum Gasteiger partial charge on any atom is -0.383 e. The quantitative estimate of drug-likeness (QED) is 0.310. The van der Waals surface area contributed by atoms with Crippen LogP contribution in [0.3, 0.4) is 0 Å². The highest BCUT2D eigenvalue weighted by Crippen LogP contribution is 2.34. The summed E-state index contributed by atoms with van der Waals surface area (Å²) in [4.78, 5) is 8.53. The van der Waals surface area contributed by atoms with Crippen LogP contribution in [-0.2, 0) is 9.47 Å². The lowest BCUT2D eigenvalue weighted by Crippen LogP contribution is -2.38. The molecule has 3 N–H and O–H groups in total. The Bertz CT molecular complexity index is 1050. The van der Waals surface area contributed by atoms with Crippen molar-refractivity contribution >= 4 is 23.1 Å². The zero-order valence-corrected chi connectivity index (χ0v) is 21.4. The molecule has 1 aliphatic carbocycles. The van der Waals surface area contributed by atoms with Crippen molar-refractivity contribution in [3.05, 3.63) is 35.5 Å². The topological polar surface area (TPSA) is 104 Å². The highest BCUT2D eigenvalue weighted by atomic mass is 35.5. The standard InChI is InChI=1S/C26H34ClFN6O2/c1-35-11-8-30-18-2-4-19(5-3-18)34-24-13-21(23(28)15-31-24)22-12-20(14-32-25(22)27)33-17-26(16-29)6-9-36-10-7-26/h12-15,18-19,30,33H,2-11,17H2,1H3,(H,31,34)/t18-,19-. The van der Waals surface area contributed by atoms with Crippen LogP contribution in [0.1, 0.15) is 38.5 Å². The molecule has 0 unspecified atom stereocenters. The van der Waals surface area contributed by atoms with Crippen LogP contribution in [-0.4, -0.2) is 62.1 Å². The molecule has 0 amide bonds. The zero-order valence-electron chi connectivity index (χ0n) is 20.7. The van der Waals surface area contributed by atoms with Crippen molar-refractivity contribution < 1.29 is 13.9 Å². The van der Waals surface area contributed by atoms with E-state index >= 15 is 0 Å². The van der Waals surface area contributed by atoms with Gasteiger partial charge in [0.25, 0.3) is 0 Å². The van der Waals surface area contributed by atoms with Crippen LogP contribution in [0.5, 0.6) is 0 Å². The monoisotopic (exact) mass is 516 g/mol. The summed E-state index contributed by atoms with van der Waals surface area (Å²) in [5.74, 6) is 0.146. The Kier molecular flexibility index (Phi) is 9.32. The van der Waals surface area contributed by atoms with Crippen LogP contribution < -0.4 is 16.0 Å². The van der Waals surface area contributed by atoms with Gasteiger partial charge in [-0.15, -0.1) is 0 Å². The second-order valence-corrected chi connectivity index (χ2v) is 9.97. The Morgan fingerprint density at radius 1 is 1.14 bits per heavy atom. The molecule has 10 heteroatoms.